The van der Waals surface area contributed by atoms with Gasteiger partial charge in [0.25, 0.3) is 0 Å². The fourth-order valence-corrected chi connectivity index (χ4v) is 7.66. The van der Waals surface area contributed by atoms with Crippen LogP contribution in [0.4, 0.5) is 49.4 Å². The standard InChI is InChI=1S/C24H21ClF3N3O3.C24H22F3N3O3/c1-14(16-4-6-17(7-5-16)23(32)33)30-22-20-21(19(25)12-29-22)34-11-10-31(20)13-15-2-8-18(9-3-15)24(26,27)28;1-15(17-4-6-18(7-5-17)23(31)32)29-22-21-20(10-11-28-22)33-13-12-30(21)14-16-2-8-19(9-3-16)24(25,26)27/h2-9,12,14H,10-11,13H2,1H3,(H,29,30)(H,32,33);2-11,15H,12-14H2,1H3,(H,28,29)(H,31,32)/t14-;15-/m00/s1. The number of aromatic nitrogens is 2. The molecule has 67 heavy (non-hydrogen) atoms. The van der Waals surface area contributed by atoms with Crippen LogP contribution in [0, 0.1) is 0 Å². The van der Waals surface area contributed by atoms with Crippen LogP contribution in [0.1, 0.15) is 80.0 Å². The van der Waals surface area contributed by atoms with Crippen LogP contribution in [0.25, 0.3) is 0 Å². The molecule has 4 heterocycles. The lowest BCUT2D eigenvalue weighted by atomic mass is 10.1. The summed E-state index contributed by atoms with van der Waals surface area (Å²) >= 11 is 6.33. The lowest BCUT2D eigenvalue weighted by Gasteiger charge is -2.33. The molecule has 350 valence electrons. The van der Waals surface area contributed by atoms with Gasteiger partial charge in [-0.05, 0) is 84.6 Å². The smallest absolute Gasteiger partial charge is 0.416 e. The Labute approximate surface area is 385 Å². The largest absolute Gasteiger partial charge is 0.489 e. The first-order valence-corrected chi connectivity index (χ1v) is 21.2. The van der Waals surface area contributed by atoms with Crippen LogP contribution in [-0.2, 0) is 25.4 Å². The molecule has 0 bridgehead atoms. The summed E-state index contributed by atoms with van der Waals surface area (Å²) in [5.41, 5.74) is 3.53. The number of rotatable bonds is 12. The van der Waals surface area contributed by atoms with Crippen LogP contribution < -0.4 is 29.9 Å². The number of ether oxygens (including phenoxy) is 2. The summed E-state index contributed by atoms with van der Waals surface area (Å²) in [5.74, 6) is 0.174. The molecule has 0 unspecified atom stereocenters. The second-order valence-electron chi connectivity index (χ2n) is 15.7. The molecule has 0 fully saturated rings. The molecule has 19 heteroatoms. The van der Waals surface area contributed by atoms with Crippen molar-refractivity contribution in [1.82, 2.24) is 9.97 Å². The fourth-order valence-electron chi connectivity index (χ4n) is 7.47. The summed E-state index contributed by atoms with van der Waals surface area (Å²) in [6.07, 6.45) is -5.66. The van der Waals surface area contributed by atoms with Gasteiger partial charge in [0.15, 0.2) is 17.4 Å². The number of carboxylic acid groups (broad SMARTS) is 2. The number of halogens is 7. The van der Waals surface area contributed by atoms with Gasteiger partial charge < -0.3 is 40.1 Å². The first kappa shape index (κ1) is 47.7. The van der Waals surface area contributed by atoms with E-state index in [0.717, 1.165) is 46.6 Å². The van der Waals surface area contributed by atoms with Crippen molar-refractivity contribution in [1.29, 1.82) is 0 Å². The maximum Gasteiger partial charge on any atom is 0.416 e. The number of carboxylic acids is 2. The van der Waals surface area contributed by atoms with E-state index in [1.807, 2.05) is 23.6 Å². The zero-order valence-electron chi connectivity index (χ0n) is 35.8. The normalized spacial score (nSPS) is 14.2. The maximum absolute atomic E-state index is 12.9. The predicted molar refractivity (Wildman–Crippen MR) is 240 cm³/mol. The number of hydrogen-bond donors (Lipinski definition) is 4. The molecule has 6 aromatic rings. The topological polar surface area (TPSA) is 149 Å². The number of aromatic carboxylic acids is 2. The minimum Gasteiger partial charge on any atom is -0.489 e. The van der Waals surface area contributed by atoms with Crippen molar-refractivity contribution in [2.45, 2.75) is 51.4 Å². The molecule has 12 nitrogen and oxygen atoms in total. The second-order valence-corrected chi connectivity index (χ2v) is 16.1. The number of pyridine rings is 2. The molecule has 2 aliphatic rings. The Balaban J connectivity index is 0.000000199. The van der Waals surface area contributed by atoms with E-state index in [4.69, 9.17) is 31.3 Å². The molecule has 0 aliphatic carbocycles. The molecule has 0 radical (unpaired) electrons. The molecular formula is C48H43ClF6N6O6. The molecule has 2 aliphatic heterocycles. The van der Waals surface area contributed by atoms with E-state index >= 15 is 0 Å². The summed E-state index contributed by atoms with van der Waals surface area (Å²) in [7, 11) is 0. The van der Waals surface area contributed by atoms with E-state index in [9.17, 15) is 35.9 Å². The van der Waals surface area contributed by atoms with Crippen molar-refractivity contribution in [2.75, 3.05) is 46.7 Å². The van der Waals surface area contributed by atoms with Crippen molar-refractivity contribution in [3.63, 3.8) is 0 Å². The monoisotopic (exact) mass is 948 g/mol. The SMILES string of the molecule is C[C@H](Nc1ncc(Cl)c2c1N(Cc1ccc(C(F)(F)F)cc1)CCO2)c1ccc(C(=O)O)cc1.C[C@H](Nc1nccc2c1N(Cc1ccc(C(F)(F)F)cc1)CCO2)c1ccc(C(=O)O)cc1. The molecular weight excluding hydrogens is 906 g/mol. The van der Waals surface area contributed by atoms with Crippen LogP contribution in [0.5, 0.6) is 11.5 Å². The van der Waals surface area contributed by atoms with Gasteiger partial charge in [0.1, 0.15) is 35.4 Å². The maximum atomic E-state index is 12.9. The minimum absolute atomic E-state index is 0.179. The number of anilines is 4. The first-order valence-electron chi connectivity index (χ1n) is 20.8. The quantitative estimate of drug-likeness (QED) is 0.0865. The Morgan fingerprint density at radius 2 is 1.07 bits per heavy atom. The number of fused-ring (bicyclic) bond motifs is 2. The number of alkyl halides is 6. The number of hydrogen-bond acceptors (Lipinski definition) is 10. The lowest BCUT2D eigenvalue weighted by molar-refractivity contribution is -0.138. The van der Waals surface area contributed by atoms with Crippen molar-refractivity contribution in [2.24, 2.45) is 0 Å². The summed E-state index contributed by atoms with van der Waals surface area (Å²) in [4.78, 5) is 35.1. The second kappa shape index (κ2) is 20.1. The lowest BCUT2D eigenvalue weighted by Crippen LogP contribution is -2.33. The molecule has 2 aromatic heterocycles. The highest BCUT2D eigenvalue weighted by Gasteiger charge is 2.32. The van der Waals surface area contributed by atoms with Crippen LogP contribution in [0.3, 0.4) is 0 Å². The third-order valence-corrected chi connectivity index (χ3v) is 11.3. The van der Waals surface area contributed by atoms with Crippen LogP contribution in [0.2, 0.25) is 5.02 Å². The number of nitrogens with one attached hydrogen (secondary N) is 2. The van der Waals surface area contributed by atoms with Crippen molar-refractivity contribution >= 4 is 46.6 Å². The molecule has 4 aromatic carbocycles. The molecule has 0 saturated heterocycles. The average molecular weight is 949 g/mol. The van der Waals surface area contributed by atoms with Crippen molar-refractivity contribution in [3.05, 3.63) is 165 Å². The summed E-state index contributed by atoms with van der Waals surface area (Å²) in [5, 5.41) is 25.2. The Kier molecular flexibility index (Phi) is 14.3. The van der Waals surface area contributed by atoms with E-state index in [2.05, 4.69) is 20.6 Å². The first-order chi connectivity index (χ1) is 31.8. The van der Waals surface area contributed by atoms with Gasteiger partial charge in [0.2, 0.25) is 0 Å². The fraction of sp³-hybridized carbons (Fsp3) is 0.250. The van der Waals surface area contributed by atoms with Crippen molar-refractivity contribution in [3.8, 4) is 11.5 Å². The summed E-state index contributed by atoms with van der Waals surface area (Å²) < 4.78 is 88.9. The summed E-state index contributed by atoms with van der Waals surface area (Å²) in [6, 6.07) is 24.6. The highest BCUT2D eigenvalue weighted by Crippen LogP contribution is 2.44. The zero-order chi connectivity index (χ0) is 48.0. The molecule has 0 spiro atoms. The Morgan fingerprint density at radius 3 is 1.52 bits per heavy atom. The van der Waals surface area contributed by atoms with Gasteiger partial charge in [0, 0.05) is 25.4 Å². The van der Waals surface area contributed by atoms with E-state index in [1.54, 1.807) is 48.7 Å². The van der Waals surface area contributed by atoms with Gasteiger partial charge in [-0.15, -0.1) is 0 Å². The van der Waals surface area contributed by atoms with Gasteiger partial charge in [-0.25, -0.2) is 19.6 Å². The number of benzene rings is 4. The molecule has 2 atom stereocenters. The Bertz CT molecular complexity index is 2690. The number of carbonyl (C=O) groups is 2. The predicted octanol–water partition coefficient (Wildman–Crippen LogP) is 11.4. The van der Waals surface area contributed by atoms with Gasteiger partial charge in [0.05, 0.1) is 53.6 Å². The molecule has 0 saturated carbocycles. The third kappa shape index (κ3) is 11.6. The highest BCUT2D eigenvalue weighted by atomic mass is 35.5. The molecule has 0 amide bonds. The molecule has 8 rings (SSSR count). The average Bonchev–Trinajstić information content (AvgIpc) is 3.30. The van der Waals surface area contributed by atoms with Crippen LogP contribution in [-0.4, -0.2) is 58.4 Å². The van der Waals surface area contributed by atoms with Crippen LogP contribution in [0.15, 0.2) is 116 Å². The van der Waals surface area contributed by atoms with Gasteiger partial charge in [-0.1, -0.05) is 60.1 Å². The minimum atomic E-state index is -4.39. The van der Waals surface area contributed by atoms with Gasteiger partial charge in [-0.2, -0.15) is 26.3 Å². The number of nitrogens with zero attached hydrogens (tertiary/aromatic N) is 4. The Hall–Kier alpha value is -7.21. The van der Waals surface area contributed by atoms with Crippen LogP contribution >= 0.6 is 11.6 Å². The Morgan fingerprint density at radius 1 is 0.642 bits per heavy atom. The van der Waals surface area contributed by atoms with Gasteiger partial charge >= 0.3 is 24.3 Å². The highest BCUT2D eigenvalue weighted by molar-refractivity contribution is 6.32. The van der Waals surface area contributed by atoms with E-state index in [0.29, 0.717) is 78.8 Å². The van der Waals surface area contributed by atoms with E-state index < -0.39 is 35.4 Å². The van der Waals surface area contributed by atoms with E-state index in [-0.39, 0.29) is 23.2 Å². The molecule has 4 N–H and O–H groups in total. The third-order valence-electron chi connectivity index (χ3n) is 11.0. The zero-order valence-corrected chi connectivity index (χ0v) is 36.6. The van der Waals surface area contributed by atoms with Gasteiger partial charge in [-0.3, -0.25) is 0 Å². The van der Waals surface area contributed by atoms with Crippen molar-refractivity contribution < 1.29 is 55.6 Å². The summed E-state index contributed by atoms with van der Waals surface area (Å²) in [6.45, 7) is 6.43. The van der Waals surface area contributed by atoms with E-state index in [1.165, 1.54) is 42.6 Å².